The fourth-order valence-corrected chi connectivity index (χ4v) is 4.18. The molecule has 2 atom stereocenters. The molecule has 166 valence electrons. The van der Waals surface area contributed by atoms with E-state index in [1.807, 2.05) is 43.0 Å². The van der Waals surface area contributed by atoms with Crippen molar-refractivity contribution in [1.29, 1.82) is 0 Å². The van der Waals surface area contributed by atoms with Crippen molar-refractivity contribution in [2.75, 3.05) is 30.4 Å². The Morgan fingerprint density at radius 1 is 1.19 bits per heavy atom. The summed E-state index contributed by atoms with van der Waals surface area (Å²) in [6, 6.07) is 12.5. The zero-order valence-corrected chi connectivity index (χ0v) is 18.3. The number of hydrogen-bond donors (Lipinski definition) is 1. The molecule has 4 rings (SSSR count). The van der Waals surface area contributed by atoms with E-state index in [2.05, 4.69) is 5.32 Å². The Bertz CT molecular complexity index is 924. The zero-order valence-electron chi connectivity index (χ0n) is 18.3. The van der Waals surface area contributed by atoms with Crippen molar-refractivity contribution in [2.24, 2.45) is 0 Å². The number of morpholine rings is 1. The smallest absolute Gasteiger partial charge is 0.322 e. The van der Waals surface area contributed by atoms with E-state index in [1.54, 1.807) is 24.1 Å². The largest absolute Gasteiger partial charge is 0.496 e. The Morgan fingerprint density at radius 3 is 2.55 bits per heavy atom. The zero-order chi connectivity index (χ0) is 22.0. The van der Waals surface area contributed by atoms with Crippen molar-refractivity contribution in [3.05, 3.63) is 53.8 Å². The van der Waals surface area contributed by atoms with Gasteiger partial charge in [-0.1, -0.05) is 18.2 Å². The Balaban J connectivity index is 1.46. The second-order valence-corrected chi connectivity index (χ2v) is 8.43. The van der Waals surface area contributed by atoms with E-state index in [1.165, 1.54) is 6.07 Å². The first-order valence-corrected chi connectivity index (χ1v) is 10.8. The highest BCUT2D eigenvalue weighted by Crippen LogP contribution is 2.32. The number of urea groups is 1. The predicted octanol–water partition coefficient (Wildman–Crippen LogP) is 4.64. The van der Waals surface area contributed by atoms with Gasteiger partial charge >= 0.3 is 6.03 Å². The van der Waals surface area contributed by atoms with Crippen molar-refractivity contribution in [3.8, 4) is 5.75 Å². The molecule has 2 aromatic rings. The van der Waals surface area contributed by atoms with Crippen LogP contribution in [0.25, 0.3) is 0 Å². The summed E-state index contributed by atoms with van der Waals surface area (Å²) in [5, 5.41) is 2.87. The summed E-state index contributed by atoms with van der Waals surface area (Å²) in [4.78, 5) is 16.8. The quantitative estimate of drug-likeness (QED) is 0.730. The van der Waals surface area contributed by atoms with Crippen molar-refractivity contribution >= 4 is 17.4 Å². The first kappa shape index (κ1) is 21.4. The third-order valence-electron chi connectivity index (χ3n) is 5.74. The van der Waals surface area contributed by atoms with E-state index in [4.69, 9.17) is 9.47 Å². The minimum Gasteiger partial charge on any atom is -0.496 e. The highest BCUT2D eigenvalue weighted by atomic mass is 19.1. The van der Waals surface area contributed by atoms with Gasteiger partial charge in [-0.05, 0) is 51.0 Å². The molecule has 1 saturated carbocycles. The van der Waals surface area contributed by atoms with E-state index < -0.39 is 0 Å². The minimum absolute atomic E-state index is 0.0459. The van der Waals surface area contributed by atoms with Gasteiger partial charge in [0.05, 0.1) is 31.5 Å². The number of nitrogens with one attached hydrogen (secondary N) is 1. The molecule has 1 heterocycles. The number of amides is 2. The predicted molar refractivity (Wildman–Crippen MR) is 119 cm³/mol. The van der Waals surface area contributed by atoms with Gasteiger partial charge in [0.1, 0.15) is 11.6 Å². The van der Waals surface area contributed by atoms with Crippen molar-refractivity contribution < 1.29 is 18.7 Å². The van der Waals surface area contributed by atoms with Crippen LogP contribution in [0.15, 0.2) is 42.5 Å². The summed E-state index contributed by atoms with van der Waals surface area (Å²) in [6.45, 7) is 5.71. The van der Waals surface area contributed by atoms with Crippen molar-refractivity contribution in [1.82, 2.24) is 4.90 Å². The van der Waals surface area contributed by atoms with E-state index in [0.29, 0.717) is 31.0 Å². The van der Waals surface area contributed by atoms with Gasteiger partial charge in [0, 0.05) is 30.4 Å². The maximum Gasteiger partial charge on any atom is 0.322 e. The second-order valence-electron chi connectivity index (χ2n) is 8.43. The highest BCUT2D eigenvalue weighted by molar-refractivity contribution is 5.90. The van der Waals surface area contributed by atoms with Crippen LogP contribution in [0.1, 0.15) is 32.3 Å². The highest BCUT2D eigenvalue weighted by Gasteiger charge is 2.33. The minimum atomic E-state index is -0.346. The number of carbonyl (C=O) groups excluding carboxylic acids is 1. The van der Waals surface area contributed by atoms with Gasteiger partial charge in [-0.15, -0.1) is 0 Å². The topological polar surface area (TPSA) is 54.0 Å². The number of hydrogen-bond acceptors (Lipinski definition) is 4. The van der Waals surface area contributed by atoms with Crippen LogP contribution < -0.4 is 15.0 Å². The fraction of sp³-hybridized carbons (Fsp3) is 0.458. The van der Waals surface area contributed by atoms with Crippen LogP contribution in [0, 0.1) is 5.82 Å². The monoisotopic (exact) mass is 427 g/mol. The number of rotatable bonds is 6. The van der Waals surface area contributed by atoms with E-state index in [-0.39, 0.29) is 30.1 Å². The first-order valence-electron chi connectivity index (χ1n) is 10.8. The molecule has 0 aromatic heterocycles. The number of nitrogens with zero attached hydrogens (tertiary/aromatic N) is 2. The van der Waals surface area contributed by atoms with Crippen LogP contribution in [0.2, 0.25) is 0 Å². The Kier molecular flexibility index (Phi) is 6.32. The molecule has 0 bridgehead atoms. The molecule has 7 heteroatoms. The average Bonchev–Trinajstić information content (AvgIpc) is 3.56. The molecule has 0 radical (unpaired) electrons. The van der Waals surface area contributed by atoms with Crippen LogP contribution in [-0.4, -0.2) is 49.4 Å². The molecule has 31 heavy (non-hydrogen) atoms. The number of methoxy groups -OCH3 is 1. The third-order valence-corrected chi connectivity index (χ3v) is 5.74. The Hall–Kier alpha value is -2.80. The molecular formula is C24H30FN3O3. The number of carbonyl (C=O) groups is 1. The maximum atomic E-state index is 14.9. The molecule has 2 aliphatic rings. The summed E-state index contributed by atoms with van der Waals surface area (Å²) < 4.78 is 26.1. The van der Waals surface area contributed by atoms with Gasteiger partial charge in [0.2, 0.25) is 0 Å². The lowest BCUT2D eigenvalue weighted by molar-refractivity contribution is -0.00539. The lowest BCUT2D eigenvalue weighted by Gasteiger charge is -2.37. The van der Waals surface area contributed by atoms with Crippen molar-refractivity contribution in [2.45, 2.75) is 51.5 Å². The van der Waals surface area contributed by atoms with Gasteiger partial charge in [0.15, 0.2) is 0 Å². The molecule has 1 saturated heterocycles. The lowest BCUT2D eigenvalue weighted by atomic mass is 10.1. The first-order chi connectivity index (χ1) is 14.9. The van der Waals surface area contributed by atoms with Gasteiger partial charge in [0.25, 0.3) is 0 Å². The van der Waals surface area contributed by atoms with Gasteiger partial charge in [-0.2, -0.15) is 0 Å². The summed E-state index contributed by atoms with van der Waals surface area (Å²) >= 11 is 0. The molecule has 2 fully saturated rings. The normalized spacial score (nSPS) is 21.0. The number of para-hydroxylation sites is 1. The average molecular weight is 428 g/mol. The summed E-state index contributed by atoms with van der Waals surface area (Å²) in [5.74, 6) is 0.409. The second kappa shape index (κ2) is 9.14. The molecule has 2 aromatic carbocycles. The SMILES string of the molecule is COc1ccccc1CN(C(=O)Nc1ccc(N2C[C@@H](C)O[C@H](C)C2)c(F)c1)C1CC1. The van der Waals surface area contributed by atoms with E-state index in [0.717, 1.165) is 24.2 Å². The fourth-order valence-electron chi connectivity index (χ4n) is 4.18. The lowest BCUT2D eigenvalue weighted by Crippen LogP contribution is -2.45. The summed E-state index contributed by atoms with van der Waals surface area (Å²) in [6.07, 6.45) is 2.04. The van der Waals surface area contributed by atoms with Gasteiger partial charge in [-0.25, -0.2) is 9.18 Å². The number of ether oxygens (including phenoxy) is 2. The van der Waals surface area contributed by atoms with Crippen LogP contribution >= 0.6 is 0 Å². The number of benzene rings is 2. The Morgan fingerprint density at radius 2 is 1.90 bits per heavy atom. The van der Waals surface area contributed by atoms with Crippen LogP contribution in [0.4, 0.5) is 20.6 Å². The molecule has 0 spiro atoms. The van der Waals surface area contributed by atoms with Crippen LogP contribution in [-0.2, 0) is 11.3 Å². The summed E-state index contributed by atoms with van der Waals surface area (Å²) in [5.41, 5.74) is 1.93. The molecule has 2 amide bonds. The molecular weight excluding hydrogens is 397 g/mol. The Labute approximate surface area is 182 Å². The molecule has 6 nitrogen and oxygen atoms in total. The third kappa shape index (κ3) is 5.10. The summed E-state index contributed by atoms with van der Waals surface area (Å²) in [7, 11) is 1.63. The molecule has 1 aliphatic heterocycles. The maximum absolute atomic E-state index is 14.9. The van der Waals surface area contributed by atoms with E-state index >= 15 is 0 Å². The number of halogens is 1. The number of anilines is 2. The molecule has 1 N–H and O–H groups in total. The van der Waals surface area contributed by atoms with Crippen molar-refractivity contribution in [3.63, 3.8) is 0 Å². The molecule has 1 aliphatic carbocycles. The van der Waals surface area contributed by atoms with Gasteiger partial charge < -0.3 is 24.6 Å². The van der Waals surface area contributed by atoms with Crippen LogP contribution in [0.5, 0.6) is 5.75 Å². The molecule has 0 unspecified atom stereocenters. The standard InChI is InChI=1S/C24H30FN3O3/c1-16-13-27(14-17(2)31-16)22-11-8-19(12-21(22)25)26-24(29)28(20-9-10-20)15-18-6-4-5-7-23(18)30-3/h4-8,11-12,16-17,20H,9-10,13-15H2,1-3H3,(H,26,29)/t16-,17-/m1/s1. The van der Waals surface area contributed by atoms with Gasteiger partial charge in [-0.3, -0.25) is 0 Å². The van der Waals surface area contributed by atoms with E-state index in [9.17, 15) is 9.18 Å². The van der Waals surface area contributed by atoms with Crippen LogP contribution in [0.3, 0.4) is 0 Å².